The summed E-state index contributed by atoms with van der Waals surface area (Å²) in [7, 11) is 3.40. The van der Waals surface area contributed by atoms with Crippen molar-refractivity contribution in [3.63, 3.8) is 0 Å². The Hall–Kier alpha value is -3.56. The van der Waals surface area contributed by atoms with Crippen LogP contribution in [0.2, 0.25) is 0 Å². The van der Waals surface area contributed by atoms with Gasteiger partial charge in [-0.15, -0.1) is 11.3 Å². The number of methoxy groups -OCH3 is 1. The van der Waals surface area contributed by atoms with Crippen molar-refractivity contribution in [2.75, 3.05) is 12.4 Å². The van der Waals surface area contributed by atoms with Gasteiger partial charge in [-0.2, -0.15) is 5.10 Å². The number of carbonyl (C=O) groups is 1. The molecule has 3 aromatic heterocycles. The second kappa shape index (κ2) is 9.36. The zero-order chi connectivity index (χ0) is 23.5. The van der Waals surface area contributed by atoms with Crippen LogP contribution in [0.4, 0.5) is 5.69 Å². The minimum atomic E-state index is -0.463. The molecule has 1 atom stereocenters. The topological polar surface area (TPSA) is 94.0 Å². The second-order valence-electron chi connectivity index (χ2n) is 8.49. The maximum atomic E-state index is 13.6. The normalized spacial score (nSPS) is 15.0. The molecule has 1 fully saturated rings. The smallest absolute Gasteiger partial charge is 0.242 e. The summed E-state index contributed by atoms with van der Waals surface area (Å²) in [5, 5.41) is 13.2. The van der Waals surface area contributed by atoms with Gasteiger partial charge in [-0.3, -0.25) is 14.8 Å². The molecule has 2 N–H and O–H groups in total. The molecule has 0 saturated heterocycles. The predicted molar refractivity (Wildman–Crippen MR) is 132 cm³/mol. The number of hydrogen-bond acceptors (Lipinski definition) is 7. The number of anilines is 1. The van der Waals surface area contributed by atoms with Crippen LogP contribution in [-0.4, -0.2) is 38.8 Å². The monoisotopic (exact) mass is 474 g/mol. The average Bonchev–Trinajstić information content (AvgIpc) is 3.22. The van der Waals surface area contributed by atoms with Crippen LogP contribution in [0, 0.1) is 0 Å². The number of aromatic nitrogens is 4. The van der Waals surface area contributed by atoms with Crippen molar-refractivity contribution >= 4 is 22.9 Å². The van der Waals surface area contributed by atoms with Crippen LogP contribution < -0.4 is 15.4 Å². The van der Waals surface area contributed by atoms with Gasteiger partial charge in [0.2, 0.25) is 11.8 Å². The molecule has 0 spiro atoms. The molecule has 4 aromatic rings. The van der Waals surface area contributed by atoms with Gasteiger partial charge in [0.15, 0.2) is 0 Å². The van der Waals surface area contributed by atoms with E-state index < -0.39 is 6.04 Å². The fourth-order valence-corrected chi connectivity index (χ4v) is 4.72. The Balaban J connectivity index is 1.42. The predicted octanol–water partition coefficient (Wildman–Crippen LogP) is 3.78. The van der Waals surface area contributed by atoms with Crippen LogP contribution in [0.3, 0.4) is 0 Å². The molecule has 1 saturated carbocycles. The largest absolute Gasteiger partial charge is 0.480 e. The molecule has 1 aliphatic rings. The fourth-order valence-electron chi connectivity index (χ4n) is 4.07. The van der Waals surface area contributed by atoms with E-state index in [9.17, 15) is 4.79 Å². The lowest BCUT2D eigenvalue weighted by Crippen LogP contribution is -2.47. The zero-order valence-electron chi connectivity index (χ0n) is 19.1. The molecule has 5 rings (SSSR count). The van der Waals surface area contributed by atoms with Crippen molar-refractivity contribution in [2.24, 2.45) is 7.05 Å². The van der Waals surface area contributed by atoms with Crippen molar-refractivity contribution < 1.29 is 9.53 Å². The molecule has 1 amide bonds. The molecule has 0 radical (unpaired) electrons. The van der Waals surface area contributed by atoms with Crippen LogP contribution in [-0.2, 0) is 23.8 Å². The number of benzene rings is 1. The number of nitrogens with one attached hydrogen (secondary N) is 2. The Morgan fingerprint density at radius 3 is 2.71 bits per heavy atom. The van der Waals surface area contributed by atoms with E-state index in [4.69, 9.17) is 4.74 Å². The van der Waals surface area contributed by atoms with Gasteiger partial charge in [0.05, 0.1) is 35.6 Å². The number of aryl methyl sites for hydroxylation is 1. The molecule has 8 nitrogen and oxygen atoms in total. The van der Waals surface area contributed by atoms with E-state index >= 15 is 0 Å². The highest BCUT2D eigenvalue weighted by Gasteiger charge is 2.48. The fraction of sp³-hybridized carbons (Fsp3) is 0.280. The molecule has 34 heavy (non-hydrogen) atoms. The van der Waals surface area contributed by atoms with Gasteiger partial charge >= 0.3 is 0 Å². The SMILES string of the molecule is COc1ncc(-c2ccn(C)n2)cc1NC(=O)C(Cc1ccccc1)NC1(c2cscn2)CC1. The summed E-state index contributed by atoms with van der Waals surface area (Å²) in [4.78, 5) is 22.5. The average molecular weight is 475 g/mol. The first-order valence-electron chi connectivity index (χ1n) is 11.1. The molecule has 174 valence electrons. The number of thiazole rings is 1. The van der Waals surface area contributed by atoms with Crippen LogP contribution in [0.15, 0.2) is 65.7 Å². The Kier molecular flexibility index (Phi) is 6.12. The minimum Gasteiger partial charge on any atom is -0.480 e. The van der Waals surface area contributed by atoms with Gasteiger partial charge in [-0.1, -0.05) is 30.3 Å². The van der Waals surface area contributed by atoms with E-state index in [2.05, 4.69) is 31.1 Å². The van der Waals surface area contributed by atoms with Crippen LogP contribution in [0.5, 0.6) is 5.88 Å². The minimum absolute atomic E-state index is 0.149. The number of ether oxygens (including phenoxy) is 1. The van der Waals surface area contributed by atoms with E-state index in [0.29, 0.717) is 18.0 Å². The highest BCUT2D eigenvalue weighted by atomic mass is 32.1. The van der Waals surface area contributed by atoms with Crippen molar-refractivity contribution in [1.82, 2.24) is 25.1 Å². The molecule has 9 heteroatoms. The summed E-state index contributed by atoms with van der Waals surface area (Å²) >= 11 is 1.57. The summed E-state index contributed by atoms with van der Waals surface area (Å²) in [6.45, 7) is 0. The first-order valence-corrected chi connectivity index (χ1v) is 12.1. The number of nitrogens with zero attached hydrogens (tertiary/aromatic N) is 4. The van der Waals surface area contributed by atoms with E-state index in [1.807, 2.05) is 61.2 Å². The lowest BCUT2D eigenvalue weighted by Gasteiger charge is -2.24. The lowest BCUT2D eigenvalue weighted by atomic mass is 10.0. The first kappa shape index (κ1) is 22.2. The molecule has 0 bridgehead atoms. The van der Waals surface area contributed by atoms with Crippen LogP contribution >= 0.6 is 11.3 Å². The van der Waals surface area contributed by atoms with E-state index in [1.54, 1.807) is 29.3 Å². The molecular weight excluding hydrogens is 448 g/mol. The van der Waals surface area contributed by atoms with E-state index in [0.717, 1.165) is 35.4 Å². The number of pyridine rings is 1. The Bertz CT molecular complexity index is 1270. The summed E-state index contributed by atoms with van der Waals surface area (Å²) in [6, 6.07) is 13.3. The third-order valence-corrected chi connectivity index (χ3v) is 6.62. The summed E-state index contributed by atoms with van der Waals surface area (Å²) < 4.78 is 7.16. The van der Waals surface area contributed by atoms with Gasteiger partial charge in [0, 0.05) is 30.4 Å². The summed E-state index contributed by atoms with van der Waals surface area (Å²) in [6.07, 6.45) is 6.02. The van der Waals surface area contributed by atoms with Crippen molar-refractivity contribution in [2.45, 2.75) is 30.8 Å². The summed E-state index contributed by atoms with van der Waals surface area (Å²) in [5.74, 6) is 0.204. The third kappa shape index (κ3) is 4.71. The van der Waals surface area contributed by atoms with Crippen molar-refractivity contribution in [1.29, 1.82) is 0 Å². The van der Waals surface area contributed by atoms with Gasteiger partial charge in [-0.05, 0) is 37.0 Å². The highest BCUT2D eigenvalue weighted by Crippen LogP contribution is 2.45. The van der Waals surface area contributed by atoms with Gasteiger partial charge < -0.3 is 10.1 Å². The lowest BCUT2D eigenvalue weighted by molar-refractivity contribution is -0.118. The summed E-state index contributed by atoms with van der Waals surface area (Å²) in [5.41, 5.74) is 5.74. The number of hydrogen-bond donors (Lipinski definition) is 2. The maximum absolute atomic E-state index is 13.6. The zero-order valence-corrected chi connectivity index (χ0v) is 19.9. The molecule has 0 aliphatic heterocycles. The van der Waals surface area contributed by atoms with Gasteiger partial charge in [0.25, 0.3) is 0 Å². The van der Waals surface area contributed by atoms with Gasteiger partial charge in [0.1, 0.15) is 5.69 Å². The second-order valence-corrected chi connectivity index (χ2v) is 9.21. The molecule has 1 unspecified atom stereocenters. The number of amides is 1. The number of carbonyl (C=O) groups excluding carboxylic acids is 1. The maximum Gasteiger partial charge on any atom is 0.242 e. The molecular formula is C25H26N6O2S. The third-order valence-electron chi connectivity index (χ3n) is 6.03. The van der Waals surface area contributed by atoms with Crippen LogP contribution in [0.25, 0.3) is 11.3 Å². The highest BCUT2D eigenvalue weighted by molar-refractivity contribution is 7.07. The van der Waals surface area contributed by atoms with Gasteiger partial charge in [-0.25, -0.2) is 9.97 Å². The van der Waals surface area contributed by atoms with Crippen LogP contribution in [0.1, 0.15) is 24.1 Å². The Morgan fingerprint density at radius 2 is 2.06 bits per heavy atom. The van der Waals surface area contributed by atoms with E-state index in [1.165, 1.54) is 0 Å². The standard InChI is InChI=1S/C25H26N6O2S/c1-31-11-8-19(30-31)18-13-21(24(33-2)26-14-18)28-23(32)20(12-17-6-4-3-5-7-17)29-25(9-10-25)22-15-34-16-27-22/h3-8,11,13-16,20,29H,9-10,12H2,1-2H3,(H,28,32). The quantitative estimate of drug-likeness (QED) is 0.384. The van der Waals surface area contributed by atoms with Crippen molar-refractivity contribution in [3.8, 4) is 17.1 Å². The van der Waals surface area contributed by atoms with E-state index in [-0.39, 0.29) is 11.4 Å². The Morgan fingerprint density at radius 1 is 1.24 bits per heavy atom. The molecule has 1 aromatic carbocycles. The molecule has 3 heterocycles. The first-order chi connectivity index (χ1) is 16.6. The van der Waals surface area contributed by atoms with Crippen molar-refractivity contribution in [3.05, 3.63) is 77.0 Å². The molecule has 1 aliphatic carbocycles. The Labute approximate surface area is 202 Å². The number of rotatable bonds is 9.